The van der Waals surface area contributed by atoms with Crippen molar-refractivity contribution in [3.05, 3.63) is 85.9 Å². The Balaban J connectivity index is 1.62. The Bertz CT molecular complexity index is 1290. The van der Waals surface area contributed by atoms with Crippen LogP contribution in [0.1, 0.15) is 29.4 Å². The normalized spacial score (nSPS) is 18.7. The molecule has 2 atom stereocenters. The van der Waals surface area contributed by atoms with Crippen molar-refractivity contribution in [2.24, 2.45) is 0 Å². The van der Waals surface area contributed by atoms with Crippen LogP contribution in [0.25, 0.3) is 16.9 Å². The molecule has 0 spiro atoms. The molecule has 0 amide bonds. The van der Waals surface area contributed by atoms with Crippen molar-refractivity contribution in [3.8, 4) is 11.3 Å². The zero-order chi connectivity index (χ0) is 18.5. The fourth-order valence-electron chi connectivity index (χ4n) is 3.59. The van der Waals surface area contributed by atoms with Gasteiger partial charge < -0.3 is 4.98 Å². The van der Waals surface area contributed by atoms with Crippen molar-refractivity contribution in [3.63, 3.8) is 0 Å². The molecule has 1 aliphatic rings. The lowest BCUT2D eigenvalue weighted by atomic mass is 10.0. The molecule has 134 valence electrons. The Kier molecular flexibility index (Phi) is 3.51. The topological polar surface area (TPSA) is 95.9 Å². The molecule has 1 fully saturated rings. The zero-order valence-electron chi connectivity index (χ0n) is 14.0. The van der Waals surface area contributed by atoms with Crippen LogP contribution in [-0.4, -0.2) is 24.6 Å². The van der Waals surface area contributed by atoms with Gasteiger partial charge >= 0.3 is 5.69 Å². The highest BCUT2D eigenvalue weighted by Gasteiger charge is 2.41. The Labute approximate surface area is 157 Å². The van der Waals surface area contributed by atoms with Gasteiger partial charge in [0, 0.05) is 29.2 Å². The van der Waals surface area contributed by atoms with Crippen LogP contribution in [0.5, 0.6) is 0 Å². The minimum Gasteiger partial charge on any atom is -0.313 e. The van der Waals surface area contributed by atoms with Crippen LogP contribution in [0.3, 0.4) is 0 Å². The summed E-state index contributed by atoms with van der Waals surface area (Å²) in [7, 11) is 0. The molecule has 3 aromatic heterocycles. The Hall–Kier alpha value is -3.19. The number of benzene rings is 1. The third kappa shape index (κ3) is 2.76. The average molecular weight is 380 g/mol. The first kappa shape index (κ1) is 16.0. The number of nitrogens with one attached hydrogen (secondary N) is 2. The van der Waals surface area contributed by atoms with E-state index in [9.17, 15) is 9.59 Å². The maximum atomic E-state index is 12.2. The van der Waals surface area contributed by atoms with Crippen LogP contribution < -0.4 is 11.2 Å². The predicted molar refractivity (Wildman–Crippen MR) is 101 cm³/mol. The molecule has 4 aromatic rings. The maximum absolute atomic E-state index is 12.2. The largest absolute Gasteiger partial charge is 0.325 e. The third-order valence-electron chi connectivity index (χ3n) is 4.95. The van der Waals surface area contributed by atoms with Crippen LogP contribution in [-0.2, 0) is 0 Å². The SMILES string of the molecule is O=c1[nH]cc(-c2cc([C@H]3C[C@@H]3c3cccc(Cl)c3)c3nccn3n2)c(=O)[nH]1. The average Bonchev–Trinajstić information content (AvgIpc) is 3.30. The molecule has 1 saturated carbocycles. The molecule has 3 heterocycles. The van der Waals surface area contributed by atoms with E-state index in [0.717, 1.165) is 22.7 Å². The van der Waals surface area contributed by atoms with Gasteiger partial charge in [-0.15, -0.1) is 0 Å². The van der Waals surface area contributed by atoms with E-state index in [4.69, 9.17) is 11.6 Å². The summed E-state index contributed by atoms with van der Waals surface area (Å²) in [5.74, 6) is 0.630. The molecule has 27 heavy (non-hydrogen) atoms. The van der Waals surface area contributed by atoms with Gasteiger partial charge in [-0.1, -0.05) is 23.7 Å². The fourth-order valence-corrected chi connectivity index (χ4v) is 3.79. The molecule has 0 aliphatic heterocycles. The number of aromatic amines is 2. The van der Waals surface area contributed by atoms with Gasteiger partial charge in [0.05, 0.1) is 11.3 Å². The lowest BCUT2D eigenvalue weighted by molar-refractivity contribution is 0.906. The van der Waals surface area contributed by atoms with Crippen molar-refractivity contribution >= 4 is 17.2 Å². The number of halogens is 1. The summed E-state index contributed by atoms with van der Waals surface area (Å²) < 4.78 is 1.67. The summed E-state index contributed by atoms with van der Waals surface area (Å²) in [6.07, 6.45) is 5.80. The van der Waals surface area contributed by atoms with E-state index < -0.39 is 11.2 Å². The highest BCUT2D eigenvalue weighted by Crippen LogP contribution is 2.55. The van der Waals surface area contributed by atoms with Crippen LogP contribution in [0.15, 0.2) is 58.5 Å². The maximum Gasteiger partial charge on any atom is 0.325 e. The molecule has 0 bridgehead atoms. The highest BCUT2D eigenvalue weighted by molar-refractivity contribution is 6.30. The summed E-state index contributed by atoms with van der Waals surface area (Å²) in [6, 6.07) is 9.77. The van der Waals surface area contributed by atoms with Gasteiger partial charge in [-0.2, -0.15) is 5.10 Å². The second kappa shape index (κ2) is 5.92. The van der Waals surface area contributed by atoms with E-state index in [2.05, 4.69) is 26.1 Å². The number of imidazole rings is 1. The smallest absolute Gasteiger partial charge is 0.313 e. The van der Waals surface area contributed by atoms with E-state index in [0.29, 0.717) is 17.2 Å². The number of hydrogen-bond donors (Lipinski definition) is 2. The summed E-state index contributed by atoms with van der Waals surface area (Å²) in [5.41, 5.74) is 2.78. The van der Waals surface area contributed by atoms with Crippen molar-refractivity contribution in [1.29, 1.82) is 0 Å². The molecule has 0 saturated heterocycles. The standard InChI is InChI=1S/C19H14ClN5O2/c20-11-3-1-2-10(6-11)12-7-13(12)14-8-16(24-25-5-4-21-17(14)25)15-9-22-19(27)23-18(15)26/h1-6,8-9,12-13H,7H2,(H2,22,23,26,27)/t12-,13+/m1/s1. The fraction of sp³-hybridized carbons (Fsp3) is 0.158. The van der Waals surface area contributed by atoms with E-state index in [-0.39, 0.29) is 5.92 Å². The summed E-state index contributed by atoms with van der Waals surface area (Å²) >= 11 is 6.13. The van der Waals surface area contributed by atoms with Gasteiger partial charge in [0.1, 0.15) is 0 Å². The van der Waals surface area contributed by atoms with Crippen LogP contribution in [0, 0.1) is 0 Å². The summed E-state index contributed by atoms with van der Waals surface area (Å²) in [6.45, 7) is 0. The lowest BCUT2D eigenvalue weighted by Gasteiger charge is -2.07. The molecule has 1 aliphatic carbocycles. The van der Waals surface area contributed by atoms with Crippen LogP contribution >= 0.6 is 11.6 Å². The number of H-pyrrole nitrogens is 2. The highest BCUT2D eigenvalue weighted by atomic mass is 35.5. The number of fused-ring (bicyclic) bond motifs is 1. The summed E-state index contributed by atoms with van der Waals surface area (Å²) in [5, 5.41) is 5.19. The number of hydrogen-bond acceptors (Lipinski definition) is 4. The molecular formula is C19H14ClN5O2. The van der Waals surface area contributed by atoms with Gasteiger partial charge in [-0.3, -0.25) is 9.78 Å². The first-order valence-electron chi connectivity index (χ1n) is 8.52. The molecule has 8 heteroatoms. The lowest BCUT2D eigenvalue weighted by Crippen LogP contribution is -2.23. The Morgan fingerprint density at radius 2 is 2.07 bits per heavy atom. The van der Waals surface area contributed by atoms with Crippen LogP contribution in [0.2, 0.25) is 5.02 Å². The van der Waals surface area contributed by atoms with Crippen molar-refractivity contribution in [2.75, 3.05) is 0 Å². The molecular weight excluding hydrogens is 366 g/mol. The predicted octanol–water partition coefficient (Wildman–Crippen LogP) is 2.70. The van der Waals surface area contributed by atoms with E-state index in [1.807, 2.05) is 24.3 Å². The third-order valence-corrected chi connectivity index (χ3v) is 5.18. The van der Waals surface area contributed by atoms with E-state index in [1.165, 1.54) is 11.8 Å². The van der Waals surface area contributed by atoms with Gasteiger partial charge in [0.2, 0.25) is 0 Å². The van der Waals surface area contributed by atoms with Crippen molar-refractivity contribution in [1.82, 2.24) is 24.6 Å². The minimum atomic E-state index is -0.545. The first-order valence-corrected chi connectivity index (χ1v) is 8.90. The Morgan fingerprint density at radius 3 is 2.89 bits per heavy atom. The van der Waals surface area contributed by atoms with Gasteiger partial charge in [-0.05, 0) is 42.0 Å². The first-order chi connectivity index (χ1) is 13.1. The Morgan fingerprint density at radius 1 is 1.19 bits per heavy atom. The molecule has 2 N–H and O–H groups in total. The van der Waals surface area contributed by atoms with Crippen molar-refractivity contribution in [2.45, 2.75) is 18.3 Å². The van der Waals surface area contributed by atoms with Crippen LogP contribution in [0.4, 0.5) is 0 Å². The number of nitrogens with zero attached hydrogens (tertiary/aromatic N) is 3. The molecule has 5 rings (SSSR count). The summed E-state index contributed by atoms with van der Waals surface area (Å²) in [4.78, 5) is 32.6. The van der Waals surface area contributed by atoms with E-state index >= 15 is 0 Å². The van der Waals surface area contributed by atoms with E-state index in [1.54, 1.807) is 16.9 Å². The zero-order valence-corrected chi connectivity index (χ0v) is 14.8. The second-order valence-corrected chi connectivity index (χ2v) is 7.11. The monoisotopic (exact) mass is 379 g/mol. The number of rotatable bonds is 3. The molecule has 1 aromatic carbocycles. The van der Waals surface area contributed by atoms with Gasteiger partial charge in [-0.25, -0.2) is 14.3 Å². The van der Waals surface area contributed by atoms with Gasteiger partial charge in [0.25, 0.3) is 5.56 Å². The molecule has 0 radical (unpaired) electrons. The molecule has 7 nitrogen and oxygen atoms in total. The minimum absolute atomic E-state index is 0.275. The van der Waals surface area contributed by atoms with Gasteiger partial charge in [0.15, 0.2) is 5.65 Å². The van der Waals surface area contributed by atoms with Crippen molar-refractivity contribution < 1.29 is 0 Å². The quantitative estimate of drug-likeness (QED) is 0.572. The number of aromatic nitrogens is 5. The second-order valence-electron chi connectivity index (χ2n) is 6.67. The molecule has 0 unspecified atom stereocenters.